The summed E-state index contributed by atoms with van der Waals surface area (Å²) in [4.78, 5) is 18.0. The molecular weight excluding hydrogens is 434 g/mol. The minimum Gasteiger partial charge on any atom is -0.496 e. The molecule has 0 amide bonds. The Morgan fingerprint density at radius 1 is 0.812 bits per heavy atom. The van der Waals surface area contributed by atoms with Crippen LogP contribution in [0.25, 0.3) is 22.4 Å². The number of fused-ring (bicyclic) bond motifs is 1. The normalized spacial score (nSPS) is 11.6. The van der Waals surface area contributed by atoms with Crippen molar-refractivity contribution >= 4 is 22.4 Å². The average molecular weight is 455 g/mol. The molecule has 0 unspecified atom stereocenters. The number of benzene rings is 2. The van der Waals surface area contributed by atoms with Gasteiger partial charge in [-0.2, -0.15) is 9.50 Å². The van der Waals surface area contributed by atoms with Crippen LogP contribution in [0.1, 0.15) is 5.56 Å². The van der Waals surface area contributed by atoms with E-state index < -0.39 is 0 Å². The molecule has 2 aromatic carbocycles. The number of hydrogen-bond donors (Lipinski definition) is 0. The van der Waals surface area contributed by atoms with Crippen molar-refractivity contribution < 1.29 is 23.7 Å². The SMILES string of the molecule is COc1cc(OC)c(OC)cc1/C=c1\sc2nc(-c3ccc(OC)c(OC)c3)nn2c1=O. The van der Waals surface area contributed by atoms with E-state index in [0.717, 1.165) is 0 Å². The van der Waals surface area contributed by atoms with E-state index in [9.17, 15) is 4.79 Å². The summed E-state index contributed by atoms with van der Waals surface area (Å²) in [7, 11) is 7.77. The fourth-order valence-electron chi connectivity index (χ4n) is 3.24. The van der Waals surface area contributed by atoms with E-state index in [2.05, 4.69) is 10.1 Å². The topological polar surface area (TPSA) is 93.4 Å². The molecule has 10 heteroatoms. The largest absolute Gasteiger partial charge is 0.496 e. The Bertz CT molecular complexity index is 1400. The highest BCUT2D eigenvalue weighted by molar-refractivity contribution is 7.15. The number of ether oxygens (including phenoxy) is 5. The molecular formula is C22H21N3O6S. The molecule has 0 saturated heterocycles. The van der Waals surface area contributed by atoms with Crippen LogP contribution < -0.4 is 33.8 Å². The van der Waals surface area contributed by atoms with Gasteiger partial charge in [-0.05, 0) is 30.3 Å². The molecule has 0 saturated carbocycles. The van der Waals surface area contributed by atoms with Crippen molar-refractivity contribution in [1.82, 2.24) is 14.6 Å². The van der Waals surface area contributed by atoms with Crippen LogP contribution >= 0.6 is 11.3 Å². The molecule has 0 bridgehead atoms. The first-order chi connectivity index (χ1) is 15.5. The maximum atomic E-state index is 13.0. The van der Waals surface area contributed by atoms with Crippen LogP contribution in [0.15, 0.2) is 35.1 Å². The monoisotopic (exact) mass is 455 g/mol. The summed E-state index contributed by atoms with van der Waals surface area (Å²) >= 11 is 1.23. The minimum atomic E-state index is -0.277. The summed E-state index contributed by atoms with van der Waals surface area (Å²) in [6, 6.07) is 8.81. The molecule has 32 heavy (non-hydrogen) atoms. The Kier molecular flexibility index (Phi) is 5.87. The van der Waals surface area contributed by atoms with Crippen LogP contribution in [0.4, 0.5) is 0 Å². The molecule has 9 nitrogen and oxygen atoms in total. The number of aromatic nitrogens is 3. The van der Waals surface area contributed by atoms with Crippen molar-refractivity contribution in [2.24, 2.45) is 0 Å². The summed E-state index contributed by atoms with van der Waals surface area (Å²) in [5.74, 6) is 3.19. The highest BCUT2D eigenvalue weighted by atomic mass is 32.1. The van der Waals surface area contributed by atoms with Crippen molar-refractivity contribution in [3.05, 3.63) is 50.8 Å². The zero-order valence-electron chi connectivity index (χ0n) is 18.2. The van der Waals surface area contributed by atoms with Gasteiger partial charge in [0, 0.05) is 17.2 Å². The van der Waals surface area contributed by atoms with Crippen LogP contribution in [0.5, 0.6) is 28.7 Å². The van der Waals surface area contributed by atoms with Crippen LogP contribution in [-0.2, 0) is 0 Å². The third kappa shape index (κ3) is 3.69. The smallest absolute Gasteiger partial charge is 0.291 e. The Morgan fingerprint density at radius 2 is 1.44 bits per heavy atom. The molecule has 2 aromatic heterocycles. The molecule has 4 rings (SSSR count). The van der Waals surface area contributed by atoms with Crippen LogP contribution in [0.2, 0.25) is 0 Å². The summed E-state index contributed by atoms with van der Waals surface area (Å²) in [5.41, 5.74) is 1.11. The number of methoxy groups -OCH3 is 5. The molecule has 0 spiro atoms. The van der Waals surface area contributed by atoms with Gasteiger partial charge < -0.3 is 23.7 Å². The molecule has 0 radical (unpaired) electrons. The predicted octanol–water partition coefficient (Wildman–Crippen LogP) is 2.41. The third-order valence-corrected chi connectivity index (χ3v) is 5.81. The fraction of sp³-hybridized carbons (Fsp3) is 0.227. The molecule has 0 fully saturated rings. The third-order valence-electron chi connectivity index (χ3n) is 4.85. The lowest BCUT2D eigenvalue weighted by molar-refractivity contribution is 0.348. The molecule has 0 aliphatic rings. The molecule has 0 atom stereocenters. The maximum Gasteiger partial charge on any atom is 0.291 e. The number of thiazole rings is 1. The van der Waals surface area contributed by atoms with Crippen molar-refractivity contribution in [3.63, 3.8) is 0 Å². The highest BCUT2D eigenvalue weighted by Crippen LogP contribution is 2.35. The number of hydrogen-bond acceptors (Lipinski definition) is 9. The van der Waals surface area contributed by atoms with E-state index in [-0.39, 0.29) is 5.56 Å². The van der Waals surface area contributed by atoms with Crippen molar-refractivity contribution in [2.75, 3.05) is 35.5 Å². The van der Waals surface area contributed by atoms with Gasteiger partial charge in [0.1, 0.15) is 5.75 Å². The lowest BCUT2D eigenvalue weighted by Crippen LogP contribution is -2.23. The first-order valence-electron chi connectivity index (χ1n) is 9.46. The first kappa shape index (κ1) is 21.4. The summed E-state index contributed by atoms with van der Waals surface area (Å²) in [6.07, 6.45) is 1.72. The van der Waals surface area contributed by atoms with Crippen LogP contribution in [0, 0.1) is 0 Å². The Balaban J connectivity index is 1.79. The predicted molar refractivity (Wildman–Crippen MR) is 121 cm³/mol. The van der Waals surface area contributed by atoms with Gasteiger partial charge in [-0.25, -0.2) is 0 Å². The highest BCUT2D eigenvalue weighted by Gasteiger charge is 2.16. The standard InChI is InChI=1S/C22H21N3O6S/c1-27-14-7-6-12(8-16(14)29-3)20-23-22-25(24-20)21(26)19(32-22)10-13-9-17(30-4)18(31-5)11-15(13)28-2/h6-11H,1-5H3/b19-10-. The Labute approximate surface area is 187 Å². The quantitative estimate of drug-likeness (QED) is 0.420. The molecule has 0 aliphatic heterocycles. The van der Waals surface area contributed by atoms with E-state index in [0.29, 0.717) is 55.2 Å². The lowest BCUT2D eigenvalue weighted by Gasteiger charge is -2.11. The fourth-order valence-corrected chi connectivity index (χ4v) is 4.14. The Hall–Kier alpha value is -3.79. The summed E-state index contributed by atoms with van der Waals surface area (Å²) in [5, 5.41) is 4.39. The molecule has 0 aliphatic carbocycles. The van der Waals surface area contributed by atoms with Gasteiger partial charge in [0.2, 0.25) is 4.96 Å². The second kappa shape index (κ2) is 8.75. The number of nitrogens with zero attached hydrogens (tertiary/aromatic N) is 3. The van der Waals surface area contributed by atoms with Gasteiger partial charge in [0.05, 0.1) is 40.1 Å². The van der Waals surface area contributed by atoms with E-state index >= 15 is 0 Å². The minimum absolute atomic E-state index is 0.277. The first-order valence-corrected chi connectivity index (χ1v) is 10.3. The average Bonchev–Trinajstić information content (AvgIpc) is 3.37. The van der Waals surface area contributed by atoms with Crippen LogP contribution in [0.3, 0.4) is 0 Å². The second-order valence-electron chi connectivity index (χ2n) is 6.56. The second-order valence-corrected chi connectivity index (χ2v) is 7.57. The van der Waals surface area contributed by atoms with Crippen molar-refractivity contribution in [1.29, 1.82) is 0 Å². The molecule has 4 aromatic rings. The van der Waals surface area contributed by atoms with Gasteiger partial charge >= 0.3 is 0 Å². The van der Waals surface area contributed by atoms with E-state index in [1.807, 2.05) is 6.07 Å². The van der Waals surface area contributed by atoms with E-state index in [1.165, 1.54) is 15.9 Å². The van der Waals surface area contributed by atoms with E-state index in [4.69, 9.17) is 23.7 Å². The maximum absolute atomic E-state index is 13.0. The summed E-state index contributed by atoms with van der Waals surface area (Å²) in [6.45, 7) is 0. The van der Waals surface area contributed by atoms with Crippen molar-refractivity contribution in [2.45, 2.75) is 0 Å². The zero-order valence-corrected chi connectivity index (χ0v) is 19.0. The molecule has 0 N–H and O–H groups in total. The van der Waals surface area contributed by atoms with E-state index in [1.54, 1.807) is 65.9 Å². The number of rotatable bonds is 7. The van der Waals surface area contributed by atoms with Crippen LogP contribution in [-0.4, -0.2) is 50.1 Å². The Morgan fingerprint density at radius 3 is 2.06 bits per heavy atom. The molecule has 2 heterocycles. The van der Waals surface area contributed by atoms with Gasteiger partial charge in [0.15, 0.2) is 28.8 Å². The molecule has 166 valence electrons. The van der Waals surface area contributed by atoms with Gasteiger partial charge in [-0.1, -0.05) is 11.3 Å². The summed E-state index contributed by atoms with van der Waals surface area (Å²) < 4.78 is 28.5. The zero-order chi connectivity index (χ0) is 22.8. The lowest BCUT2D eigenvalue weighted by atomic mass is 10.1. The van der Waals surface area contributed by atoms with Gasteiger partial charge in [-0.15, -0.1) is 5.10 Å². The van der Waals surface area contributed by atoms with Gasteiger partial charge in [-0.3, -0.25) is 4.79 Å². The van der Waals surface area contributed by atoms with Crippen molar-refractivity contribution in [3.8, 4) is 40.1 Å². The van der Waals surface area contributed by atoms with Gasteiger partial charge in [0.25, 0.3) is 5.56 Å².